The molecule has 2 aromatic rings. The van der Waals surface area contributed by atoms with E-state index in [-0.39, 0.29) is 34.3 Å². The minimum absolute atomic E-state index is 0.0303. The van der Waals surface area contributed by atoms with Crippen molar-refractivity contribution in [1.82, 2.24) is 9.62 Å². The highest BCUT2D eigenvalue weighted by molar-refractivity contribution is 7.89. The minimum atomic E-state index is -3.82. The van der Waals surface area contributed by atoms with Crippen LogP contribution in [0.4, 0.5) is 0 Å². The van der Waals surface area contributed by atoms with Gasteiger partial charge in [-0.05, 0) is 43.2 Å². The van der Waals surface area contributed by atoms with Crippen molar-refractivity contribution in [2.45, 2.75) is 42.7 Å². The predicted octanol–water partition coefficient (Wildman–Crippen LogP) is 2.83. The average molecular weight is 461 g/mol. The van der Waals surface area contributed by atoms with Gasteiger partial charge in [-0.25, -0.2) is 13.1 Å². The quantitative estimate of drug-likeness (QED) is 0.683. The molecular weight excluding hydrogens is 432 g/mol. The van der Waals surface area contributed by atoms with Gasteiger partial charge in [0.1, 0.15) is 17.3 Å². The maximum atomic E-state index is 13.1. The Hall–Kier alpha value is -2.78. The fourth-order valence-corrected chi connectivity index (χ4v) is 5.61. The lowest BCUT2D eigenvalue weighted by Crippen LogP contribution is -2.41. The summed E-state index contributed by atoms with van der Waals surface area (Å²) in [5, 5.41) is 0. The van der Waals surface area contributed by atoms with E-state index >= 15 is 0 Å². The van der Waals surface area contributed by atoms with Crippen molar-refractivity contribution < 1.29 is 27.4 Å². The molecule has 0 unspecified atom stereocenters. The van der Waals surface area contributed by atoms with Crippen LogP contribution >= 0.6 is 0 Å². The van der Waals surface area contributed by atoms with E-state index in [2.05, 4.69) is 4.72 Å². The molecule has 0 radical (unpaired) electrons. The van der Waals surface area contributed by atoms with E-state index in [0.717, 1.165) is 25.7 Å². The molecular formula is C23H28N2O6S. The number of likely N-dealkylation sites (N-methyl/N-ethyl adjacent to an activating group) is 1. The second-order valence-corrected chi connectivity index (χ2v) is 9.83. The van der Waals surface area contributed by atoms with Gasteiger partial charge in [-0.3, -0.25) is 4.79 Å². The Bertz CT molecular complexity index is 1080. The summed E-state index contributed by atoms with van der Waals surface area (Å²) >= 11 is 0. The van der Waals surface area contributed by atoms with Crippen LogP contribution in [0.2, 0.25) is 0 Å². The minimum Gasteiger partial charge on any atom is -0.495 e. The van der Waals surface area contributed by atoms with Crippen LogP contribution in [-0.2, 0) is 10.0 Å². The molecule has 1 saturated carbocycles. The summed E-state index contributed by atoms with van der Waals surface area (Å²) in [6.45, 7) is 0.615. The van der Waals surface area contributed by atoms with Crippen LogP contribution in [0.1, 0.15) is 36.0 Å². The van der Waals surface area contributed by atoms with Crippen molar-refractivity contribution in [3.05, 3.63) is 48.0 Å². The van der Waals surface area contributed by atoms with Crippen LogP contribution in [0.3, 0.4) is 0 Å². The molecule has 0 aromatic heterocycles. The molecule has 0 bridgehead atoms. The Morgan fingerprint density at radius 2 is 1.88 bits per heavy atom. The van der Waals surface area contributed by atoms with Gasteiger partial charge >= 0.3 is 0 Å². The van der Waals surface area contributed by atoms with Crippen LogP contribution in [0, 0.1) is 0 Å². The second-order valence-electron chi connectivity index (χ2n) is 8.15. The number of para-hydroxylation sites is 2. The van der Waals surface area contributed by atoms with E-state index in [1.807, 2.05) is 24.3 Å². The number of fused-ring (bicyclic) bond motifs is 1. The van der Waals surface area contributed by atoms with Crippen molar-refractivity contribution in [2.75, 3.05) is 27.3 Å². The monoisotopic (exact) mass is 460 g/mol. The lowest BCUT2D eigenvalue weighted by molar-refractivity contribution is 0.0521. The van der Waals surface area contributed by atoms with Crippen molar-refractivity contribution in [3.63, 3.8) is 0 Å². The zero-order valence-electron chi connectivity index (χ0n) is 18.2. The average Bonchev–Trinajstić information content (AvgIpc) is 3.30. The second kappa shape index (κ2) is 9.38. The van der Waals surface area contributed by atoms with E-state index < -0.39 is 10.0 Å². The first-order chi connectivity index (χ1) is 15.4. The fraction of sp³-hybridized carbons (Fsp3) is 0.435. The highest BCUT2D eigenvalue weighted by Gasteiger charge is 2.28. The lowest BCUT2D eigenvalue weighted by atomic mass is 10.2. The number of hydrogen-bond donors (Lipinski definition) is 1. The van der Waals surface area contributed by atoms with E-state index in [1.165, 1.54) is 24.1 Å². The summed E-state index contributed by atoms with van der Waals surface area (Å²) in [6, 6.07) is 11.8. The number of nitrogens with zero attached hydrogens (tertiary/aromatic N) is 1. The van der Waals surface area contributed by atoms with Gasteiger partial charge < -0.3 is 19.1 Å². The van der Waals surface area contributed by atoms with Crippen molar-refractivity contribution in [1.29, 1.82) is 0 Å². The molecule has 0 saturated heterocycles. The van der Waals surface area contributed by atoms with Gasteiger partial charge in [-0.2, -0.15) is 0 Å². The zero-order chi connectivity index (χ0) is 22.7. The number of sulfonamides is 1. The summed E-state index contributed by atoms with van der Waals surface area (Å²) in [6.07, 6.45) is 3.31. The molecule has 32 heavy (non-hydrogen) atoms. The normalized spacial score (nSPS) is 18.4. The first-order valence-corrected chi connectivity index (χ1v) is 12.2. The Morgan fingerprint density at radius 1 is 1.16 bits per heavy atom. The number of rotatable bonds is 7. The number of carbonyl (C=O) groups is 1. The Morgan fingerprint density at radius 3 is 2.59 bits per heavy atom. The molecule has 1 aliphatic heterocycles. The summed E-state index contributed by atoms with van der Waals surface area (Å²) in [4.78, 5) is 14.5. The highest BCUT2D eigenvalue weighted by atomic mass is 32.2. The third-order valence-electron chi connectivity index (χ3n) is 5.77. The molecule has 1 N–H and O–H groups in total. The molecule has 1 heterocycles. The largest absolute Gasteiger partial charge is 0.495 e. The first-order valence-electron chi connectivity index (χ1n) is 10.7. The summed E-state index contributed by atoms with van der Waals surface area (Å²) in [7, 11) is -0.753. The third kappa shape index (κ3) is 4.83. The molecule has 0 spiro atoms. The zero-order valence-corrected chi connectivity index (χ0v) is 19.1. The van der Waals surface area contributed by atoms with E-state index in [4.69, 9.17) is 14.2 Å². The smallest absolute Gasteiger partial charge is 0.253 e. The van der Waals surface area contributed by atoms with Gasteiger partial charge in [0.15, 0.2) is 17.6 Å². The molecule has 1 atom stereocenters. The Kier molecular flexibility index (Phi) is 6.57. The van der Waals surface area contributed by atoms with Crippen LogP contribution in [-0.4, -0.2) is 58.7 Å². The summed E-state index contributed by atoms with van der Waals surface area (Å²) in [5.41, 5.74) is 0.261. The molecule has 4 rings (SSSR count). The molecule has 1 amide bonds. The van der Waals surface area contributed by atoms with Gasteiger partial charge in [0.05, 0.1) is 13.7 Å². The summed E-state index contributed by atoms with van der Waals surface area (Å²) in [5.74, 6) is 1.21. The van der Waals surface area contributed by atoms with Crippen molar-refractivity contribution in [2.24, 2.45) is 0 Å². The van der Waals surface area contributed by atoms with Gasteiger partial charge in [0.25, 0.3) is 5.91 Å². The maximum Gasteiger partial charge on any atom is 0.253 e. The number of hydrogen-bond acceptors (Lipinski definition) is 6. The van der Waals surface area contributed by atoms with Crippen LogP contribution in [0.15, 0.2) is 47.4 Å². The van der Waals surface area contributed by atoms with E-state index in [1.54, 1.807) is 13.1 Å². The number of nitrogens with one attached hydrogen (secondary N) is 1. The van der Waals surface area contributed by atoms with Crippen molar-refractivity contribution >= 4 is 15.9 Å². The molecule has 172 valence electrons. The number of amides is 1. The van der Waals surface area contributed by atoms with E-state index in [0.29, 0.717) is 24.7 Å². The maximum absolute atomic E-state index is 13.1. The van der Waals surface area contributed by atoms with Crippen molar-refractivity contribution in [3.8, 4) is 17.2 Å². The fourth-order valence-electron chi connectivity index (χ4n) is 4.11. The molecule has 8 nitrogen and oxygen atoms in total. The van der Waals surface area contributed by atoms with Crippen LogP contribution < -0.4 is 18.9 Å². The number of carbonyl (C=O) groups excluding carboxylic acids is 1. The molecule has 9 heteroatoms. The molecule has 1 aliphatic carbocycles. The number of methoxy groups -OCH3 is 1. The first kappa shape index (κ1) is 22.4. The standard InChI is InChI=1S/C23H28N2O6S/c1-25(14-18-15-30-19-9-5-6-10-20(19)31-18)23(26)16-11-12-21(29-2)22(13-16)32(27,28)24-17-7-3-4-8-17/h5-6,9-13,17-18,24H,3-4,7-8,14-15H2,1-2H3/t18-/m1/s1. The van der Waals surface area contributed by atoms with Gasteiger partial charge in [-0.15, -0.1) is 0 Å². The molecule has 2 aromatic carbocycles. The lowest BCUT2D eigenvalue weighted by Gasteiger charge is -2.29. The SMILES string of the molecule is COc1ccc(C(=O)N(C)C[C@@H]2COc3ccccc3O2)cc1S(=O)(=O)NC1CCCC1. The summed E-state index contributed by atoms with van der Waals surface area (Å²) < 4.78 is 45.6. The predicted molar refractivity (Wildman–Crippen MR) is 119 cm³/mol. The molecule has 2 aliphatic rings. The molecule has 1 fully saturated rings. The Labute approximate surface area is 188 Å². The van der Waals surface area contributed by atoms with Gasteiger partial charge in [-0.1, -0.05) is 25.0 Å². The van der Waals surface area contributed by atoms with E-state index in [9.17, 15) is 13.2 Å². The van der Waals surface area contributed by atoms with Crippen LogP contribution in [0.5, 0.6) is 17.2 Å². The highest BCUT2D eigenvalue weighted by Crippen LogP contribution is 2.31. The topological polar surface area (TPSA) is 94.2 Å². The third-order valence-corrected chi connectivity index (χ3v) is 7.31. The number of benzene rings is 2. The van der Waals surface area contributed by atoms with Gasteiger partial charge in [0, 0.05) is 18.7 Å². The van der Waals surface area contributed by atoms with Crippen LogP contribution in [0.25, 0.3) is 0 Å². The Balaban J connectivity index is 1.49. The van der Waals surface area contributed by atoms with Gasteiger partial charge in [0.2, 0.25) is 10.0 Å². The number of ether oxygens (including phenoxy) is 3.